The van der Waals surface area contributed by atoms with E-state index >= 15 is 0 Å². The predicted octanol–water partition coefficient (Wildman–Crippen LogP) is 0.644. The van der Waals surface area contributed by atoms with Crippen LogP contribution in [0.1, 0.15) is 24.3 Å². The molecule has 0 unspecified atom stereocenters. The monoisotopic (exact) mass is 279 g/mol. The molecule has 0 aliphatic carbocycles. The fraction of sp³-hybridized carbons (Fsp3) is 0.462. The molecule has 1 rings (SSSR count). The highest BCUT2D eigenvalue weighted by Gasteiger charge is 2.13. The molecule has 1 aromatic heterocycles. The molecule has 0 aliphatic heterocycles. The molecule has 20 heavy (non-hydrogen) atoms. The van der Waals surface area contributed by atoms with E-state index in [4.69, 9.17) is 5.73 Å². The second-order valence-corrected chi connectivity index (χ2v) is 4.13. The lowest BCUT2D eigenvalue weighted by molar-refractivity contribution is 0.0767. The van der Waals surface area contributed by atoms with Crippen molar-refractivity contribution in [1.29, 1.82) is 0 Å². The van der Waals surface area contributed by atoms with Crippen molar-refractivity contribution < 1.29 is 9.59 Å². The van der Waals surface area contributed by atoms with Gasteiger partial charge in [0.1, 0.15) is 5.69 Å². The van der Waals surface area contributed by atoms with Gasteiger partial charge < -0.3 is 21.3 Å². The Kier molecular flexibility index (Phi) is 6.28. The minimum Gasteiger partial charge on any atom is -0.383 e. The summed E-state index contributed by atoms with van der Waals surface area (Å²) < 4.78 is 0. The number of anilines is 1. The zero-order valence-corrected chi connectivity index (χ0v) is 11.8. The normalized spacial score (nSPS) is 9.90. The van der Waals surface area contributed by atoms with Crippen LogP contribution < -0.4 is 16.4 Å². The Labute approximate surface area is 118 Å². The first-order chi connectivity index (χ1) is 9.58. The van der Waals surface area contributed by atoms with Crippen LogP contribution in [0.25, 0.3) is 0 Å². The van der Waals surface area contributed by atoms with Gasteiger partial charge in [-0.05, 0) is 26.0 Å². The largest absolute Gasteiger partial charge is 0.383 e. The van der Waals surface area contributed by atoms with Gasteiger partial charge in [0.15, 0.2) is 0 Å². The van der Waals surface area contributed by atoms with E-state index in [-0.39, 0.29) is 5.91 Å². The van der Waals surface area contributed by atoms with Gasteiger partial charge in [-0.2, -0.15) is 0 Å². The number of carbonyl (C=O) groups is 2. The quantitative estimate of drug-likeness (QED) is 0.638. The predicted molar refractivity (Wildman–Crippen MR) is 77.6 cm³/mol. The van der Waals surface area contributed by atoms with E-state index in [0.717, 1.165) is 5.69 Å². The smallest absolute Gasteiger partial charge is 0.312 e. The average molecular weight is 279 g/mol. The maximum Gasteiger partial charge on any atom is 0.312 e. The zero-order chi connectivity index (χ0) is 15.0. The number of nitrogens with zero attached hydrogens (tertiary/aromatic N) is 2. The Bertz CT molecular complexity index is 460. The molecular weight excluding hydrogens is 258 g/mol. The summed E-state index contributed by atoms with van der Waals surface area (Å²) in [7, 11) is 0. The lowest BCUT2D eigenvalue weighted by Crippen LogP contribution is -2.33. The van der Waals surface area contributed by atoms with Crippen LogP contribution in [-0.4, -0.2) is 48.0 Å². The number of nitrogens with one attached hydrogen (secondary N) is 2. The molecule has 0 radical (unpaired) electrons. The topological polar surface area (TPSA) is 100 Å². The van der Waals surface area contributed by atoms with Crippen LogP contribution in [0.3, 0.4) is 0 Å². The molecular formula is C13H21N5O2. The molecule has 1 aromatic rings. The minimum absolute atomic E-state index is 0.0890. The number of hydrogen-bond acceptors (Lipinski definition) is 4. The van der Waals surface area contributed by atoms with Gasteiger partial charge in [-0.15, -0.1) is 0 Å². The van der Waals surface area contributed by atoms with E-state index in [2.05, 4.69) is 15.6 Å². The highest BCUT2D eigenvalue weighted by atomic mass is 16.2. The Morgan fingerprint density at radius 2 is 2.00 bits per heavy atom. The number of primary amides is 1. The molecule has 0 bridgehead atoms. The summed E-state index contributed by atoms with van der Waals surface area (Å²) in [4.78, 5) is 28.5. The van der Waals surface area contributed by atoms with E-state index in [1.165, 1.54) is 0 Å². The van der Waals surface area contributed by atoms with E-state index < -0.39 is 6.03 Å². The second kappa shape index (κ2) is 7.98. The third-order valence-corrected chi connectivity index (χ3v) is 2.78. The number of nitrogens with two attached hydrogens (primary N) is 1. The number of rotatable bonds is 7. The molecule has 0 aromatic carbocycles. The summed E-state index contributed by atoms with van der Waals surface area (Å²) in [5.41, 5.74) is 6.15. The van der Waals surface area contributed by atoms with Gasteiger partial charge in [0.05, 0.1) is 0 Å². The summed E-state index contributed by atoms with van der Waals surface area (Å²) in [6.07, 6.45) is 1.58. The van der Waals surface area contributed by atoms with E-state index in [1.807, 2.05) is 13.8 Å². The molecule has 0 aliphatic rings. The first kappa shape index (κ1) is 15.7. The van der Waals surface area contributed by atoms with Gasteiger partial charge >= 0.3 is 6.03 Å². The first-order valence-corrected chi connectivity index (χ1v) is 6.61. The summed E-state index contributed by atoms with van der Waals surface area (Å²) >= 11 is 0. The molecule has 0 saturated heterocycles. The van der Waals surface area contributed by atoms with Crippen molar-refractivity contribution in [3.05, 3.63) is 24.0 Å². The van der Waals surface area contributed by atoms with Crippen LogP contribution in [0.2, 0.25) is 0 Å². The second-order valence-electron chi connectivity index (χ2n) is 4.13. The van der Waals surface area contributed by atoms with Crippen molar-refractivity contribution >= 4 is 17.6 Å². The number of hydrogen-bond donors (Lipinski definition) is 3. The average Bonchev–Trinajstić information content (AvgIpc) is 2.45. The van der Waals surface area contributed by atoms with Crippen LogP contribution in [0.5, 0.6) is 0 Å². The van der Waals surface area contributed by atoms with Crippen LogP contribution in [-0.2, 0) is 0 Å². The van der Waals surface area contributed by atoms with Gasteiger partial charge in [-0.1, -0.05) is 0 Å². The maximum absolute atomic E-state index is 12.1. The first-order valence-electron chi connectivity index (χ1n) is 6.61. The van der Waals surface area contributed by atoms with Gasteiger partial charge in [-0.25, -0.2) is 4.79 Å². The Balaban J connectivity index is 2.61. The van der Waals surface area contributed by atoms with Crippen molar-refractivity contribution in [2.75, 3.05) is 31.5 Å². The van der Waals surface area contributed by atoms with E-state index in [9.17, 15) is 9.59 Å². The van der Waals surface area contributed by atoms with Crippen LogP contribution in [0.4, 0.5) is 10.5 Å². The van der Waals surface area contributed by atoms with Gasteiger partial charge in [-0.3, -0.25) is 9.78 Å². The summed E-state index contributed by atoms with van der Waals surface area (Å²) in [5.74, 6) is -0.0890. The number of amides is 3. The van der Waals surface area contributed by atoms with Crippen molar-refractivity contribution in [3.8, 4) is 0 Å². The fourth-order valence-corrected chi connectivity index (χ4v) is 1.72. The molecule has 1 heterocycles. The third kappa shape index (κ3) is 4.75. The van der Waals surface area contributed by atoms with Crippen molar-refractivity contribution in [3.63, 3.8) is 0 Å². The lowest BCUT2D eigenvalue weighted by Gasteiger charge is -2.18. The number of pyridine rings is 1. The summed E-state index contributed by atoms with van der Waals surface area (Å²) in [6, 6.07) is 2.91. The van der Waals surface area contributed by atoms with Gasteiger partial charge in [0.2, 0.25) is 0 Å². The molecule has 0 spiro atoms. The molecule has 7 heteroatoms. The molecule has 0 fully saturated rings. The fourth-order valence-electron chi connectivity index (χ4n) is 1.72. The molecule has 0 saturated carbocycles. The van der Waals surface area contributed by atoms with Gasteiger partial charge in [0, 0.05) is 38.1 Å². The third-order valence-electron chi connectivity index (χ3n) is 2.78. The number of aromatic nitrogens is 1. The Hall–Kier alpha value is -2.31. The van der Waals surface area contributed by atoms with Crippen LogP contribution >= 0.6 is 0 Å². The number of carbonyl (C=O) groups excluding carboxylic acids is 2. The minimum atomic E-state index is -0.557. The molecule has 7 nitrogen and oxygen atoms in total. The van der Waals surface area contributed by atoms with Crippen molar-refractivity contribution in [2.24, 2.45) is 5.73 Å². The summed E-state index contributed by atoms with van der Waals surface area (Å²) in [6.45, 7) is 6.09. The summed E-state index contributed by atoms with van der Waals surface area (Å²) in [5, 5.41) is 5.56. The molecule has 110 valence electrons. The Morgan fingerprint density at radius 3 is 2.60 bits per heavy atom. The van der Waals surface area contributed by atoms with Crippen LogP contribution in [0.15, 0.2) is 18.3 Å². The van der Waals surface area contributed by atoms with E-state index in [0.29, 0.717) is 31.9 Å². The molecule has 3 amide bonds. The molecule has 4 N–H and O–H groups in total. The number of urea groups is 1. The highest BCUT2D eigenvalue weighted by Crippen LogP contribution is 2.09. The van der Waals surface area contributed by atoms with Crippen LogP contribution in [0, 0.1) is 0 Å². The zero-order valence-electron chi connectivity index (χ0n) is 11.8. The maximum atomic E-state index is 12.1. The van der Waals surface area contributed by atoms with Crippen molar-refractivity contribution in [2.45, 2.75) is 13.8 Å². The highest BCUT2D eigenvalue weighted by molar-refractivity contribution is 5.93. The lowest BCUT2D eigenvalue weighted by atomic mass is 10.2. The van der Waals surface area contributed by atoms with Gasteiger partial charge in [0.25, 0.3) is 5.91 Å². The SMILES string of the molecule is CCN(CC)C(=O)c1cc(NCCNC(N)=O)ccn1. The standard InChI is InChI=1S/C13H21N5O2/c1-3-18(4-2)12(19)11-9-10(5-6-16-11)15-7-8-17-13(14)20/h5-6,9H,3-4,7-8H2,1-2H3,(H,15,16)(H3,14,17,20). The Morgan fingerprint density at radius 1 is 1.30 bits per heavy atom. The molecule has 0 atom stereocenters. The van der Waals surface area contributed by atoms with Crippen molar-refractivity contribution in [1.82, 2.24) is 15.2 Å². The van der Waals surface area contributed by atoms with E-state index in [1.54, 1.807) is 23.2 Å².